The van der Waals surface area contributed by atoms with Crippen molar-refractivity contribution in [1.29, 1.82) is 0 Å². The van der Waals surface area contributed by atoms with Crippen molar-refractivity contribution >= 4 is 55.8 Å². The first-order valence-electron chi connectivity index (χ1n) is 7.98. The number of nitrogens with one attached hydrogen (secondary N) is 1. The highest BCUT2D eigenvalue weighted by Gasteiger charge is 2.30. The number of hydrogen-bond acceptors (Lipinski definition) is 8. The molecule has 12 heteroatoms. The molecule has 0 aliphatic carbocycles. The molecule has 1 saturated heterocycles. The van der Waals surface area contributed by atoms with Gasteiger partial charge in [0.2, 0.25) is 15.2 Å². The Labute approximate surface area is 171 Å². The largest absolute Gasteiger partial charge is 0.304 e. The van der Waals surface area contributed by atoms with E-state index in [2.05, 4.69) is 20.4 Å². The van der Waals surface area contributed by atoms with Gasteiger partial charge in [0.25, 0.3) is 5.91 Å². The van der Waals surface area contributed by atoms with Crippen molar-refractivity contribution < 1.29 is 13.2 Å². The molecule has 8 nitrogen and oxygen atoms in total. The lowest BCUT2D eigenvalue weighted by Gasteiger charge is -2.31. The molecule has 1 aromatic carbocycles. The average Bonchev–Trinajstić information content (AvgIpc) is 3.09. The monoisotopic (exact) mass is 447 g/mol. The standard InChI is InChI=1S/C15H18ClN5O3S3/c1-20-5-7-21(8-6-20)27(23,24)12-9-10(3-4-11(12)16)13(22)17-14-18-19-15(25-2)26-14/h3-4,9H,5-8H2,1-2H3,(H,17,18,22). The fourth-order valence-corrected chi connectivity index (χ4v) is 5.61. The lowest BCUT2D eigenvalue weighted by atomic mass is 10.2. The molecule has 1 aliphatic heterocycles. The number of nitrogens with zero attached hydrogens (tertiary/aromatic N) is 4. The summed E-state index contributed by atoms with van der Waals surface area (Å²) in [5, 5.41) is 10.9. The predicted octanol–water partition coefficient (Wildman–Crippen LogP) is 2.10. The van der Waals surface area contributed by atoms with Gasteiger partial charge in [-0.15, -0.1) is 10.2 Å². The van der Waals surface area contributed by atoms with Gasteiger partial charge in [0.1, 0.15) is 4.90 Å². The molecular formula is C15H18ClN5O3S3. The van der Waals surface area contributed by atoms with Gasteiger partial charge in [-0.3, -0.25) is 10.1 Å². The molecule has 0 bridgehead atoms. The molecule has 1 aromatic heterocycles. The summed E-state index contributed by atoms with van der Waals surface area (Å²) >= 11 is 8.81. The van der Waals surface area contributed by atoms with Gasteiger partial charge in [0.15, 0.2) is 4.34 Å². The van der Waals surface area contributed by atoms with Crippen LogP contribution in [0.3, 0.4) is 0 Å². The molecule has 146 valence electrons. The second-order valence-electron chi connectivity index (χ2n) is 5.88. The maximum atomic E-state index is 13.0. The van der Waals surface area contributed by atoms with Crippen LogP contribution in [0.4, 0.5) is 5.13 Å². The smallest absolute Gasteiger partial charge is 0.257 e. The molecule has 0 atom stereocenters. The summed E-state index contributed by atoms with van der Waals surface area (Å²) in [5.74, 6) is -0.467. The molecule has 2 heterocycles. The molecule has 2 aromatic rings. The molecule has 27 heavy (non-hydrogen) atoms. The normalized spacial score (nSPS) is 16.4. The van der Waals surface area contributed by atoms with Crippen LogP contribution in [-0.2, 0) is 10.0 Å². The minimum Gasteiger partial charge on any atom is -0.304 e. The predicted molar refractivity (Wildman–Crippen MR) is 107 cm³/mol. The average molecular weight is 448 g/mol. The van der Waals surface area contributed by atoms with Gasteiger partial charge in [0, 0.05) is 31.7 Å². The highest BCUT2D eigenvalue weighted by Crippen LogP contribution is 2.28. The van der Waals surface area contributed by atoms with Crippen molar-refractivity contribution in [1.82, 2.24) is 19.4 Å². The highest BCUT2D eigenvalue weighted by atomic mass is 35.5. The third kappa shape index (κ3) is 4.61. The number of rotatable bonds is 5. The summed E-state index contributed by atoms with van der Waals surface area (Å²) in [5.41, 5.74) is 0.188. The molecule has 3 rings (SSSR count). The number of benzene rings is 1. The summed E-state index contributed by atoms with van der Waals surface area (Å²) in [7, 11) is -1.84. The van der Waals surface area contributed by atoms with Crippen LogP contribution in [0.15, 0.2) is 27.4 Å². The molecule has 0 unspecified atom stereocenters. The Morgan fingerprint density at radius 1 is 1.26 bits per heavy atom. The zero-order valence-corrected chi connectivity index (χ0v) is 17.9. The molecule has 1 N–H and O–H groups in total. The summed E-state index contributed by atoms with van der Waals surface area (Å²) < 4.78 is 28.0. The van der Waals surface area contributed by atoms with Gasteiger partial charge in [-0.1, -0.05) is 34.7 Å². The number of sulfonamides is 1. The van der Waals surface area contributed by atoms with Crippen LogP contribution in [0.5, 0.6) is 0 Å². The van der Waals surface area contributed by atoms with E-state index in [0.717, 1.165) is 4.34 Å². The van der Waals surface area contributed by atoms with Crippen molar-refractivity contribution in [2.45, 2.75) is 9.24 Å². The number of hydrogen-bond donors (Lipinski definition) is 1. The number of carbonyl (C=O) groups excluding carboxylic acids is 1. The fraction of sp³-hybridized carbons (Fsp3) is 0.400. The van der Waals surface area contributed by atoms with Crippen molar-refractivity contribution in [2.24, 2.45) is 0 Å². The van der Waals surface area contributed by atoms with E-state index in [0.29, 0.717) is 31.3 Å². The first-order valence-corrected chi connectivity index (χ1v) is 11.8. The Morgan fingerprint density at radius 3 is 2.59 bits per heavy atom. The van der Waals surface area contributed by atoms with Gasteiger partial charge in [-0.2, -0.15) is 4.31 Å². The van der Waals surface area contributed by atoms with Crippen LogP contribution < -0.4 is 5.32 Å². The van der Waals surface area contributed by atoms with Crippen LogP contribution in [-0.4, -0.2) is 73.2 Å². The minimum atomic E-state index is -3.78. The quantitative estimate of drug-likeness (QED) is 0.553. The van der Waals surface area contributed by atoms with Gasteiger partial charge >= 0.3 is 0 Å². The van der Waals surface area contributed by atoms with E-state index in [1.165, 1.54) is 45.6 Å². The number of aromatic nitrogens is 2. The Balaban J connectivity index is 1.84. The maximum Gasteiger partial charge on any atom is 0.257 e. The second kappa shape index (κ2) is 8.41. The SMILES string of the molecule is CSc1nnc(NC(=O)c2ccc(Cl)c(S(=O)(=O)N3CCN(C)CC3)c2)s1. The summed E-state index contributed by atoms with van der Waals surface area (Å²) in [6.07, 6.45) is 1.86. The lowest BCUT2D eigenvalue weighted by molar-refractivity contribution is 0.102. The molecule has 1 aliphatic rings. The van der Waals surface area contributed by atoms with Gasteiger partial charge in [-0.25, -0.2) is 8.42 Å². The second-order valence-corrected chi connectivity index (χ2v) is 10.2. The van der Waals surface area contributed by atoms with Gasteiger partial charge in [0.05, 0.1) is 5.02 Å². The van der Waals surface area contributed by atoms with Crippen LogP contribution >= 0.6 is 34.7 Å². The van der Waals surface area contributed by atoms with Crippen LogP contribution in [0, 0.1) is 0 Å². The van der Waals surface area contributed by atoms with E-state index in [1.54, 1.807) is 0 Å². The number of amides is 1. The topological polar surface area (TPSA) is 95.5 Å². The van der Waals surface area contributed by atoms with Crippen molar-refractivity contribution in [2.75, 3.05) is 44.8 Å². The van der Waals surface area contributed by atoms with Crippen LogP contribution in [0.25, 0.3) is 0 Å². The molecule has 1 amide bonds. The molecule has 0 radical (unpaired) electrons. The van der Waals surface area contributed by atoms with Crippen LogP contribution in [0.1, 0.15) is 10.4 Å². The summed E-state index contributed by atoms with van der Waals surface area (Å²) in [4.78, 5) is 14.5. The fourth-order valence-electron chi connectivity index (χ4n) is 2.52. The third-order valence-corrected chi connectivity index (χ3v) is 8.27. The Hall–Kier alpha value is -1.24. The van der Waals surface area contributed by atoms with Crippen molar-refractivity contribution in [3.63, 3.8) is 0 Å². The van der Waals surface area contributed by atoms with Gasteiger partial charge < -0.3 is 4.90 Å². The molecule has 1 fully saturated rings. The van der Waals surface area contributed by atoms with E-state index < -0.39 is 15.9 Å². The van der Waals surface area contributed by atoms with Crippen molar-refractivity contribution in [3.8, 4) is 0 Å². The zero-order valence-electron chi connectivity index (χ0n) is 14.7. The van der Waals surface area contributed by atoms with E-state index >= 15 is 0 Å². The first-order chi connectivity index (χ1) is 12.8. The molecule has 0 saturated carbocycles. The summed E-state index contributed by atoms with van der Waals surface area (Å²) in [6.45, 7) is 2.05. The number of likely N-dealkylation sites (N-methyl/N-ethyl adjacent to an activating group) is 1. The number of halogens is 1. The van der Waals surface area contributed by atoms with Gasteiger partial charge in [-0.05, 0) is 31.5 Å². The molecule has 0 spiro atoms. The highest BCUT2D eigenvalue weighted by molar-refractivity contribution is 8.00. The summed E-state index contributed by atoms with van der Waals surface area (Å²) in [6, 6.07) is 4.21. The Bertz CT molecular complexity index is 942. The Kier molecular flexibility index (Phi) is 6.39. The minimum absolute atomic E-state index is 0.0663. The molecular weight excluding hydrogens is 430 g/mol. The Morgan fingerprint density at radius 2 is 1.96 bits per heavy atom. The van der Waals surface area contributed by atoms with Crippen LogP contribution in [0.2, 0.25) is 5.02 Å². The number of carbonyl (C=O) groups is 1. The van der Waals surface area contributed by atoms with E-state index in [9.17, 15) is 13.2 Å². The number of thioether (sulfide) groups is 1. The van der Waals surface area contributed by atoms with E-state index in [4.69, 9.17) is 11.6 Å². The zero-order chi connectivity index (χ0) is 19.6. The van der Waals surface area contributed by atoms with E-state index in [-0.39, 0.29) is 15.5 Å². The maximum absolute atomic E-state index is 13.0. The van der Waals surface area contributed by atoms with Crippen molar-refractivity contribution in [3.05, 3.63) is 28.8 Å². The first kappa shape index (κ1) is 20.5. The number of anilines is 1. The lowest BCUT2D eigenvalue weighted by Crippen LogP contribution is -2.47. The third-order valence-electron chi connectivity index (χ3n) is 4.08. The number of piperazine rings is 1. The van der Waals surface area contributed by atoms with E-state index in [1.807, 2.05) is 13.3 Å².